The molecule has 1 amide bonds. The summed E-state index contributed by atoms with van der Waals surface area (Å²) in [7, 11) is 0. The van der Waals surface area contributed by atoms with E-state index in [4.69, 9.17) is 17.4 Å². The molecule has 26 heavy (non-hydrogen) atoms. The first-order valence-electron chi connectivity index (χ1n) is 7.63. The fourth-order valence-corrected chi connectivity index (χ4v) is 2.97. The van der Waals surface area contributed by atoms with Gasteiger partial charge in [0.05, 0.1) is 20.9 Å². The van der Waals surface area contributed by atoms with E-state index in [1.54, 1.807) is 6.92 Å². The molecule has 2 aromatic rings. The Morgan fingerprint density at radius 1 is 1.42 bits per heavy atom. The molecule has 0 spiro atoms. The number of nitro benzene ring substituents is 1. The van der Waals surface area contributed by atoms with Crippen molar-refractivity contribution in [2.24, 2.45) is 0 Å². The van der Waals surface area contributed by atoms with Gasteiger partial charge >= 0.3 is 0 Å². The van der Waals surface area contributed by atoms with Gasteiger partial charge in [0, 0.05) is 17.5 Å². The molecule has 0 saturated carbocycles. The van der Waals surface area contributed by atoms with E-state index < -0.39 is 16.1 Å². The zero-order valence-electron chi connectivity index (χ0n) is 14.7. The highest BCUT2D eigenvalue weighted by atomic mass is 35.5. The number of amides is 1. The summed E-state index contributed by atoms with van der Waals surface area (Å²) in [6.07, 6.45) is 0. The van der Waals surface area contributed by atoms with E-state index in [-0.39, 0.29) is 21.8 Å². The normalized spacial score (nSPS) is 12.7. The van der Waals surface area contributed by atoms with Crippen molar-refractivity contribution in [1.29, 1.82) is 0 Å². The van der Waals surface area contributed by atoms with Crippen LogP contribution in [-0.4, -0.2) is 31.0 Å². The molecule has 1 heterocycles. The lowest BCUT2D eigenvalue weighted by Crippen LogP contribution is -2.26. The number of nitrogen functional groups attached to an aromatic ring is 1. The second-order valence-corrected chi connectivity index (χ2v) is 8.31. The van der Waals surface area contributed by atoms with Gasteiger partial charge < -0.3 is 11.2 Å². The fraction of sp³-hybridized carbons (Fsp3) is 0.400. The second kappa shape index (κ2) is 7.50. The minimum Gasteiger partial charge on any atom is -0.336 e. The molecule has 0 aliphatic carbocycles. The van der Waals surface area contributed by atoms with Crippen LogP contribution >= 0.6 is 23.4 Å². The molecule has 9 nitrogen and oxygen atoms in total. The van der Waals surface area contributed by atoms with Gasteiger partial charge in [-0.1, -0.05) is 44.1 Å². The third-order valence-electron chi connectivity index (χ3n) is 3.41. The number of thioether (sulfide) groups is 1. The first kappa shape index (κ1) is 20.0. The van der Waals surface area contributed by atoms with Gasteiger partial charge in [0.1, 0.15) is 0 Å². The summed E-state index contributed by atoms with van der Waals surface area (Å²) in [5, 5.41) is 21.6. The van der Waals surface area contributed by atoms with Crippen LogP contribution in [0.5, 0.6) is 0 Å². The molecule has 0 fully saturated rings. The smallest absolute Gasteiger partial charge is 0.271 e. The van der Waals surface area contributed by atoms with E-state index in [0.29, 0.717) is 11.0 Å². The molecule has 0 radical (unpaired) electrons. The highest BCUT2D eigenvalue weighted by Gasteiger charge is 2.25. The average molecular weight is 399 g/mol. The SMILES string of the molecule is CC(Sc1nnc(C(C)(C)C)n1N)C(=O)Nc1cc([N+](=O)[O-])ccc1Cl. The molecule has 1 unspecified atom stereocenters. The summed E-state index contributed by atoms with van der Waals surface area (Å²) in [5.41, 5.74) is -0.285. The number of non-ortho nitro benzene ring substituents is 1. The van der Waals surface area contributed by atoms with Gasteiger partial charge in [-0.3, -0.25) is 14.9 Å². The maximum atomic E-state index is 12.4. The van der Waals surface area contributed by atoms with Crippen LogP contribution < -0.4 is 11.2 Å². The molecule has 140 valence electrons. The number of nitro groups is 1. The summed E-state index contributed by atoms with van der Waals surface area (Å²) < 4.78 is 1.36. The minimum absolute atomic E-state index is 0.165. The van der Waals surface area contributed by atoms with Gasteiger partial charge in [-0.25, -0.2) is 4.68 Å². The Labute approximate surface area is 159 Å². The summed E-state index contributed by atoms with van der Waals surface area (Å²) >= 11 is 7.12. The van der Waals surface area contributed by atoms with Crippen molar-refractivity contribution < 1.29 is 9.72 Å². The summed E-state index contributed by atoms with van der Waals surface area (Å²) in [5.74, 6) is 6.21. The Morgan fingerprint density at radius 2 is 2.08 bits per heavy atom. The molecular weight excluding hydrogens is 380 g/mol. The average Bonchev–Trinajstić information content (AvgIpc) is 2.90. The Bertz CT molecular complexity index is 848. The topological polar surface area (TPSA) is 129 Å². The van der Waals surface area contributed by atoms with Crippen LogP contribution in [0.3, 0.4) is 0 Å². The monoisotopic (exact) mass is 398 g/mol. The highest BCUT2D eigenvalue weighted by Crippen LogP contribution is 2.29. The largest absolute Gasteiger partial charge is 0.336 e. The first-order valence-corrected chi connectivity index (χ1v) is 8.89. The Balaban J connectivity index is 2.13. The molecule has 3 N–H and O–H groups in total. The third-order valence-corrected chi connectivity index (χ3v) is 4.79. The van der Waals surface area contributed by atoms with Crippen LogP contribution in [0.4, 0.5) is 11.4 Å². The quantitative estimate of drug-likeness (QED) is 0.342. The van der Waals surface area contributed by atoms with Crippen molar-refractivity contribution in [3.05, 3.63) is 39.2 Å². The van der Waals surface area contributed by atoms with Gasteiger partial charge in [-0.15, -0.1) is 10.2 Å². The van der Waals surface area contributed by atoms with E-state index in [2.05, 4.69) is 15.5 Å². The van der Waals surface area contributed by atoms with Crippen molar-refractivity contribution in [2.45, 2.75) is 43.5 Å². The maximum absolute atomic E-state index is 12.4. The van der Waals surface area contributed by atoms with Crippen molar-refractivity contribution >= 4 is 40.6 Å². The predicted molar refractivity (Wildman–Crippen MR) is 101 cm³/mol. The number of carbonyl (C=O) groups excluding carboxylic acids is 1. The molecule has 1 atom stereocenters. The third kappa shape index (κ3) is 4.44. The van der Waals surface area contributed by atoms with E-state index >= 15 is 0 Å². The van der Waals surface area contributed by atoms with Gasteiger partial charge in [0.25, 0.3) is 5.69 Å². The lowest BCUT2D eigenvalue weighted by atomic mass is 9.96. The Morgan fingerprint density at radius 3 is 2.62 bits per heavy atom. The molecule has 0 aliphatic rings. The standard InChI is InChI=1S/C15H19ClN6O3S/c1-8(26-14-20-19-13(21(14)17)15(2,3)4)12(23)18-11-7-9(22(24)25)5-6-10(11)16/h5-8H,17H2,1-4H3,(H,18,23). The molecule has 0 bridgehead atoms. The number of aromatic nitrogens is 3. The molecule has 11 heteroatoms. The van der Waals surface area contributed by atoms with Crippen LogP contribution in [0.25, 0.3) is 0 Å². The molecule has 1 aromatic carbocycles. The fourth-order valence-electron chi connectivity index (χ4n) is 2.04. The number of nitrogens with two attached hydrogens (primary N) is 1. The summed E-state index contributed by atoms with van der Waals surface area (Å²) in [4.78, 5) is 22.7. The number of nitrogens with one attached hydrogen (secondary N) is 1. The van der Waals surface area contributed by atoms with Gasteiger partial charge in [-0.05, 0) is 13.0 Å². The summed E-state index contributed by atoms with van der Waals surface area (Å²) in [6.45, 7) is 7.52. The number of rotatable bonds is 5. The minimum atomic E-state index is -0.579. The number of benzene rings is 1. The van der Waals surface area contributed by atoms with Crippen LogP contribution in [0.1, 0.15) is 33.5 Å². The van der Waals surface area contributed by atoms with Crippen LogP contribution in [0.15, 0.2) is 23.4 Å². The second-order valence-electron chi connectivity index (χ2n) is 6.60. The number of anilines is 1. The van der Waals surface area contributed by atoms with Crippen molar-refractivity contribution in [2.75, 3.05) is 11.2 Å². The zero-order chi connectivity index (χ0) is 19.6. The van der Waals surface area contributed by atoms with E-state index in [1.807, 2.05) is 20.8 Å². The van der Waals surface area contributed by atoms with E-state index in [9.17, 15) is 14.9 Å². The molecule has 0 aliphatic heterocycles. The number of hydrogen-bond donors (Lipinski definition) is 2. The maximum Gasteiger partial charge on any atom is 0.271 e. The lowest BCUT2D eigenvalue weighted by Gasteiger charge is -2.17. The number of halogens is 1. The Kier molecular flexibility index (Phi) is 5.77. The molecular formula is C15H19ClN6O3S. The van der Waals surface area contributed by atoms with Crippen LogP contribution in [0, 0.1) is 10.1 Å². The lowest BCUT2D eigenvalue weighted by molar-refractivity contribution is -0.384. The number of nitrogens with zero attached hydrogens (tertiary/aromatic N) is 4. The van der Waals surface area contributed by atoms with Gasteiger partial charge in [0.15, 0.2) is 5.82 Å². The van der Waals surface area contributed by atoms with E-state index in [0.717, 1.165) is 11.8 Å². The molecule has 2 rings (SSSR count). The molecule has 1 aromatic heterocycles. The zero-order valence-corrected chi connectivity index (χ0v) is 16.3. The van der Waals surface area contributed by atoms with E-state index in [1.165, 1.54) is 22.9 Å². The van der Waals surface area contributed by atoms with Crippen molar-refractivity contribution in [3.8, 4) is 0 Å². The van der Waals surface area contributed by atoms with Crippen molar-refractivity contribution in [1.82, 2.24) is 14.9 Å². The summed E-state index contributed by atoms with van der Waals surface area (Å²) in [6, 6.07) is 3.83. The highest BCUT2D eigenvalue weighted by molar-refractivity contribution is 8.00. The van der Waals surface area contributed by atoms with Gasteiger partial charge in [-0.2, -0.15) is 0 Å². The van der Waals surface area contributed by atoms with Crippen LogP contribution in [-0.2, 0) is 10.2 Å². The Hall–Kier alpha value is -2.33. The predicted octanol–water partition coefficient (Wildman–Crippen LogP) is 2.97. The number of hydrogen-bond acceptors (Lipinski definition) is 7. The molecule has 0 saturated heterocycles. The van der Waals surface area contributed by atoms with Gasteiger partial charge in [0.2, 0.25) is 11.1 Å². The van der Waals surface area contributed by atoms with Crippen molar-refractivity contribution in [3.63, 3.8) is 0 Å². The van der Waals surface area contributed by atoms with Crippen LogP contribution in [0.2, 0.25) is 5.02 Å². The number of carbonyl (C=O) groups is 1. The first-order chi connectivity index (χ1) is 12.0.